The highest BCUT2D eigenvalue weighted by molar-refractivity contribution is 6.00. The van der Waals surface area contributed by atoms with Gasteiger partial charge in [-0.05, 0) is 56.9 Å². The van der Waals surface area contributed by atoms with E-state index in [0.717, 1.165) is 50.8 Å². The Morgan fingerprint density at radius 1 is 1.06 bits per heavy atom. The summed E-state index contributed by atoms with van der Waals surface area (Å²) in [6.45, 7) is 3.46. The smallest absolute Gasteiger partial charge is 0.271 e. The summed E-state index contributed by atoms with van der Waals surface area (Å²) in [6, 6.07) is 7.65. The van der Waals surface area contributed by atoms with E-state index in [1.54, 1.807) is 11.2 Å². The third-order valence-corrected chi connectivity index (χ3v) is 7.62. The van der Waals surface area contributed by atoms with Crippen LogP contribution < -0.4 is 5.32 Å². The summed E-state index contributed by atoms with van der Waals surface area (Å²) < 4.78 is 13.4. The second kappa shape index (κ2) is 9.37. The first-order valence-electron chi connectivity index (χ1n) is 12.5. The molecule has 2 aliphatic heterocycles. The molecule has 2 amide bonds. The molecule has 2 atom stereocenters. The fourth-order valence-electron chi connectivity index (χ4n) is 5.63. The van der Waals surface area contributed by atoms with E-state index in [1.807, 2.05) is 35.8 Å². The zero-order valence-electron chi connectivity index (χ0n) is 19.6. The van der Waals surface area contributed by atoms with Crippen LogP contribution in [-0.2, 0) is 16.1 Å². The van der Waals surface area contributed by atoms with Crippen LogP contribution in [0.2, 0.25) is 0 Å². The first-order chi connectivity index (χ1) is 16.1. The normalized spacial score (nSPS) is 26.6. The zero-order chi connectivity index (χ0) is 22.8. The number of hydrogen-bond donors (Lipinski definition) is 1. The number of furan rings is 1. The molecule has 1 saturated heterocycles. The summed E-state index contributed by atoms with van der Waals surface area (Å²) in [5.74, 6) is 0.512. The Kier molecular flexibility index (Phi) is 6.32. The van der Waals surface area contributed by atoms with Crippen LogP contribution in [0.4, 0.5) is 0 Å². The molecule has 1 N–H and O–H groups in total. The van der Waals surface area contributed by atoms with Crippen LogP contribution in [0.15, 0.2) is 34.9 Å². The van der Waals surface area contributed by atoms with Crippen molar-refractivity contribution in [3.63, 3.8) is 0 Å². The average molecular weight is 454 g/mol. The van der Waals surface area contributed by atoms with Gasteiger partial charge in [0.2, 0.25) is 5.91 Å². The van der Waals surface area contributed by atoms with Gasteiger partial charge in [0.25, 0.3) is 5.91 Å². The summed E-state index contributed by atoms with van der Waals surface area (Å²) >= 11 is 0. The van der Waals surface area contributed by atoms with E-state index in [0.29, 0.717) is 24.5 Å². The summed E-state index contributed by atoms with van der Waals surface area (Å²) in [5.41, 5.74) is 0.416. The van der Waals surface area contributed by atoms with Gasteiger partial charge < -0.3 is 23.9 Å². The minimum absolute atomic E-state index is 0.0199. The van der Waals surface area contributed by atoms with Crippen molar-refractivity contribution < 1.29 is 18.7 Å². The fraction of sp³-hybridized carbons (Fsp3) is 0.615. The minimum Gasteiger partial charge on any atom is -0.463 e. The molecule has 7 heteroatoms. The van der Waals surface area contributed by atoms with Crippen molar-refractivity contribution in [2.45, 2.75) is 88.9 Å². The van der Waals surface area contributed by atoms with E-state index >= 15 is 0 Å². The number of carbonyl (C=O) groups excluding carboxylic acids is 2. The molecular formula is C26H35N3O4. The van der Waals surface area contributed by atoms with E-state index in [9.17, 15) is 9.59 Å². The van der Waals surface area contributed by atoms with Gasteiger partial charge in [0.1, 0.15) is 17.0 Å². The van der Waals surface area contributed by atoms with Crippen molar-refractivity contribution >= 4 is 11.8 Å². The van der Waals surface area contributed by atoms with Gasteiger partial charge in [-0.15, -0.1) is 0 Å². The molecule has 4 heterocycles. The summed E-state index contributed by atoms with van der Waals surface area (Å²) in [5, 5.41) is 3.34. The highest BCUT2D eigenvalue weighted by Crippen LogP contribution is 2.34. The molecule has 5 rings (SSSR count). The topological polar surface area (TPSA) is 76.7 Å². The second-order valence-electron chi connectivity index (χ2n) is 10.0. The largest absolute Gasteiger partial charge is 0.463 e. The van der Waals surface area contributed by atoms with Gasteiger partial charge in [-0.1, -0.05) is 32.1 Å². The quantitative estimate of drug-likeness (QED) is 0.729. The van der Waals surface area contributed by atoms with Crippen molar-refractivity contribution in [3.05, 3.63) is 36.2 Å². The molecule has 0 bridgehead atoms. The summed E-state index contributed by atoms with van der Waals surface area (Å²) in [4.78, 5) is 29.4. The van der Waals surface area contributed by atoms with Crippen LogP contribution >= 0.6 is 0 Å². The molecule has 7 nitrogen and oxygen atoms in total. The lowest BCUT2D eigenvalue weighted by Crippen LogP contribution is -2.66. The second-order valence-corrected chi connectivity index (χ2v) is 10.0. The molecule has 2 fully saturated rings. The first kappa shape index (κ1) is 22.3. The molecule has 0 aromatic carbocycles. The average Bonchev–Trinajstić information content (AvgIpc) is 3.54. The molecule has 0 spiro atoms. The van der Waals surface area contributed by atoms with Crippen LogP contribution in [0, 0.1) is 0 Å². The van der Waals surface area contributed by atoms with Crippen molar-refractivity contribution in [1.29, 1.82) is 0 Å². The number of ether oxygens (including phenoxy) is 1. The number of fused-ring (bicyclic) bond motifs is 1. The van der Waals surface area contributed by atoms with E-state index in [4.69, 9.17) is 9.15 Å². The lowest BCUT2D eigenvalue weighted by atomic mass is 9.91. The predicted octanol–water partition coefficient (Wildman–Crippen LogP) is 4.37. The maximum atomic E-state index is 13.9. The molecule has 1 aliphatic carbocycles. The van der Waals surface area contributed by atoms with Gasteiger partial charge in [-0.3, -0.25) is 9.59 Å². The van der Waals surface area contributed by atoms with Crippen molar-refractivity contribution in [3.8, 4) is 11.5 Å². The molecular weight excluding hydrogens is 418 g/mol. The van der Waals surface area contributed by atoms with Gasteiger partial charge in [0.05, 0.1) is 24.6 Å². The van der Waals surface area contributed by atoms with E-state index in [1.165, 1.54) is 19.3 Å². The maximum absolute atomic E-state index is 13.9. The number of nitrogens with one attached hydrogen (secondary N) is 1. The predicted molar refractivity (Wildman–Crippen MR) is 125 cm³/mol. The van der Waals surface area contributed by atoms with Crippen molar-refractivity contribution in [2.75, 3.05) is 13.2 Å². The van der Waals surface area contributed by atoms with Crippen LogP contribution in [0.3, 0.4) is 0 Å². The Morgan fingerprint density at radius 3 is 2.52 bits per heavy atom. The number of nitrogens with zero attached hydrogens (tertiary/aromatic N) is 2. The van der Waals surface area contributed by atoms with Gasteiger partial charge in [0, 0.05) is 19.2 Å². The van der Waals surface area contributed by atoms with E-state index in [2.05, 4.69) is 5.32 Å². The Labute approximate surface area is 195 Å². The van der Waals surface area contributed by atoms with Crippen LogP contribution in [-0.4, -0.2) is 52.1 Å². The van der Waals surface area contributed by atoms with Crippen LogP contribution in [0.1, 0.15) is 75.2 Å². The molecule has 0 unspecified atom stereocenters. The summed E-state index contributed by atoms with van der Waals surface area (Å²) in [6.07, 6.45) is 11.6. The third-order valence-electron chi connectivity index (χ3n) is 7.62. The minimum atomic E-state index is -1.00. The summed E-state index contributed by atoms with van der Waals surface area (Å²) in [7, 11) is 0. The number of hydrogen-bond acceptors (Lipinski definition) is 4. The number of rotatable bonds is 5. The van der Waals surface area contributed by atoms with Crippen molar-refractivity contribution in [1.82, 2.24) is 14.8 Å². The SMILES string of the molecule is C[C@]1(C(=O)NC2CCCCCCC2)Cn2c(ccc2-c2ccco2)C(=O)N1C[C@@H]1CCCO1. The molecule has 33 heavy (non-hydrogen) atoms. The van der Waals surface area contributed by atoms with Crippen LogP contribution in [0.25, 0.3) is 11.5 Å². The van der Waals surface area contributed by atoms with Gasteiger partial charge in [0.15, 0.2) is 0 Å². The van der Waals surface area contributed by atoms with Crippen LogP contribution in [0.5, 0.6) is 0 Å². The van der Waals surface area contributed by atoms with Gasteiger partial charge in [-0.2, -0.15) is 0 Å². The Bertz CT molecular complexity index is 968. The Balaban J connectivity index is 1.46. The maximum Gasteiger partial charge on any atom is 0.271 e. The Morgan fingerprint density at radius 2 is 1.82 bits per heavy atom. The first-order valence-corrected chi connectivity index (χ1v) is 12.5. The lowest BCUT2D eigenvalue weighted by Gasteiger charge is -2.45. The number of carbonyl (C=O) groups is 2. The molecule has 3 aliphatic rings. The van der Waals surface area contributed by atoms with Crippen molar-refractivity contribution in [2.24, 2.45) is 0 Å². The molecule has 2 aromatic heterocycles. The van der Waals surface area contributed by atoms with E-state index in [-0.39, 0.29) is 24.0 Å². The van der Waals surface area contributed by atoms with Gasteiger partial charge in [-0.25, -0.2) is 0 Å². The van der Waals surface area contributed by atoms with Gasteiger partial charge >= 0.3 is 0 Å². The molecule has 2 aromatic rings. The molecule has 178 valence electrons. The number of amides is 2. The zero-order valence-corrected chi connectivity index (χ0v) is 19.6. The molecule has 0 radical (unpaired) electrons. The fourth-order valence-corrected chi connectivity index (χ4v) is 5.63. The number of aromatic nitrogens is 1. The van der Waals surface area contributed by atoms with E-state index < -0.39 is 5.54 Å². The highest BCUT2D eigenvalue weighted by atomic mass is 16.5. The Hall–Kier alpha value is -2.54. The highest BCUT2D eigenvalue weighted by Gasteiger charge is 2.49. The lowest BCUT2D eigenvalue weighted by molar-refractivity contribution is -0.134. The molecule has 1 saturated carbocycles. The standard InChI is InChI=1S/C26H35N3O4/c1-26(25(31)27-19-9-5-3-2-4-6-10-19)18-28-21(23-12-8-16-33-23)13-14-22(28)24(30)29(26)17-20-11-7-15-32-20/h8,12-14,16,19-20H,2-7,9-11,15,17-18H2,1H3,(H,27,31)/t20-,26+/m0/s1. The monoisotopic (exact) mass is 453 g/mol. The third kappa shape index (κ3) is 4.35.